The average molecular weight is 401 g/mol. The largest absolute Gasteiger partial charge is 0.496 e. The molecular weight excluding hydrogens is 372 g/mol. The molecule has 1 heterocycles. The van der Waals surface area contributed by atoms with Crippen LogP contribution in [0.25, 0.3) is 11.1 Å². The second-order valence-electron chi connectivity index (χ2n) is 7.67. The number of ether oxygens (including phenoxy) is 1. The highest BCUT2D eigenvalue weighted by molar-refractivity contribution is 5.83. The minimum atomic E-state index is 0.173. The monoisotopic (exact) mass is 400 g/mol. The maximum atomic E-state index is 13.4. The molecule has 4 rings (SSSR count). The Labute approximate surface area is 178 Å². The Morgan fingerprint density at radius 3 is 2.47 bits per heavy atom. The number of nitrogens with zero attached hydrogens (tertiary/aromatic N) is 1. The minimum absolute atomic E-state index is 0.173. The molecule has 0 aromatic heterocycles. The van der Waals surface area contributed by atoms with Crippen molar-refractivity contribution in [3.63, 3.8) is 0 Å². The number of rotatable bonds is 6. The summed E-state index contributed by atoms with van der Waals surface area (Å²) in [6.07, 6.45) is 1.26. The Morgan fingerprint density at radius 1 is 0.967 bits per heavy atom. The first-order valence-electron chi connectivity index (χ1n) is 10.5. The molecule has 0 saturated carbocycles. The van der Waals surface area contributed by atoms with E-state index in [-0.39, 0.29) is 11.9 Å². The average Bonchev–Trinajstić information content (AvgIpc) is 2.80. The van der Waals surface area contributed by atoms with Crippen LogP contribution >= 0.6 is 0 Å². The third kappa shape index (κ3) is 4.55. The molecule has 1 aliphatic heterocycles. The van der Waals surface area contributed by atoms with Gasteiger partial charge in [-0.2, -0.15) is 0 Å². The molecule has 1 amide bonds. The first kappa shape index (κ1) is 20.2. The van der Waals surface area contributed by atoms with E-state index in [9.17, 15) is 4.79 Å². The highest BCUT2D eigenvalue weighted by atomic mass is 16.5. The lowest BCUT2D eigenvalue weighted by atomic mass is 9.95. The summed E-state index contributed by atoms with van der Waals surface area (Å²) >= 11 is 0. The normalized spacial score (nSPS) is 16.3. The van der Waals surface area contributed by atoms with Gasteiger partial charge in [0.2, 0.25) is 5.91 Å². The molecule has 1 unspecified atom stereocenters. The van der Waals surface area contributed by atoms with Crippen LogP contribution in [0.2, 0.25) is 0 Å². The van der Waals surface area contributed by atoms with Crippen LogP contribution in [0, 0.1) is 0 Å². The van der Waals surface area contributed by atoms with Crippen molar-refractivity contribution in [3.05, 3.63) is 90.0 Å². The molecule has 1 saturated heterocycles. The van der Waals surface area contributed by atoms with Gasteiger partial charge in [0.25, 0.3) is 0 Å². The summed E-state index contributed by atoms with van der Waals surface area (Å²) in [6, 6.07) is 26.7. The molecule has 0 bridgehead atoms. The van der Waals surface area contributed by atoms with Crippen LogP contribution in [0.5, 0.6) is 5.75 Å². The topological polar surface area (TPSA) is 41.6 Å². The molecule has 4 nitrogen and oxygen atoms in total. The molecule has 4 heteroatoms. The smallest absolute Gasteiger partial charge is 0.227 e. The minimum Gasteiger partial charge on any atom is -0.496 e. The van der Waals surface area contributed by atoms with Crippen molar-refractivity contribution in [1.82, 2.24) is 10.2 Å². The van der Waals surface area contributed by atoms with Gasteiger partial charge in [-0.1, -0.05) is 72.8 Å². The van der Waals surface area contributed by atoms with Gasteiger partial charge in [-0.25, -0.2) is 0 Å². The zero-order valence-electron chi connectivity index (χ0n) is 17.4. The van der Waals surface area contributed by atoms with Crippen molar-refractivity contribution in [3.8, 4) is 16.9 Å². The van der Waals surface area contributed by atoms with Crippen LogP contribution in [0.15, 0.2) is 78.9 Å². The fraction of sp³-hybridized carbons (Fsp3) is 0.269. The number of carbonyl (C=O) groups is 1. The maximum absolute atomic E-state index is 13.4. The van der Waals surface area contributed by atoms with E-state index in [0.717, 1.165) is 48.5 Å². The Bertz CT molecular complexity index is 987. The number of piperazine rings is 1. The van der Waals surface area contributed by atoms with E-state index >= 15 is 0 Å². The van der Waals surface area contributed by atoms with Crippen molar-refractivity contribution >= 4 is 5.91 Å². The van der Waals surface area contributed by atoms with Crippen molar-refractivity contribution in [1.29, 1.82) is 0 Å². The van der Waals surface area contributed by atoms with Gasteiger partial charge in [-0.3, -0.25) is 4.79 Å². The zero-order chi connectivity index (χ0) is 20.8. The molecule has 3 aromatic carbocycles. The predicted octanol–water partition coefficient (Wildman–Crippen LogP) is 3.95. The zero-order valence-corrected chi connectivity index (χ0v) is 17.4. The fourth-order valence-electron chi connectivity index (χ4n) is 4.23. The predicted molar refractivity (Wildman–Crippen MR) is 121 cm³/mol. The van der Waals surface area contributed by atoms with Crippen LogP contribution in [-0.4, -0.2) is 43.6 Å². The number of carbonyl (C=O) groups excluding carboxylic acids is 1. The van der Waals surface area contributed by atoms with E-state index in [2.05, 4.69) is 40.5 Å². The van der Waals surface area contributed by atoms with Crippen molar-refractivity contribution < 1.29 is 9.53 Å². The third-order valence-corrected chi connectivity index (χ3v) is 5.74. The van der Waals surface area contributed by atoms with Gasteiger partial charge in [-0.15, -0.1) is 0 Å². The molecule has 30 heavy (non-hydrogen) atoms. The van der Waals surface area contributed by atoms with Gasteiger partial charge >= 0.3 is 0 Å². The molecule has 1 aliphatic rings. The first-order valence-corrected chi connectivity index (χ1v) is 10.5. The Kier molecular flexibility index (Phi) is 6.45. The number of hydrogen-bond donors (Lipinski definition) is 1. The molecular formula is C26H28N2O2. The lowest BCUT2D eigenvalue weighted by Gasteiger charge is -2.36. The Hall–Kier alpha value is -3.11. The third-order valence-electron chi connectivity index (χ3n) is 5.74. The number of benzene rings is 3. The van der Waals surface area contributed by atoms with E-state index in [1.165, 1.54) is 5.56 Å². The molecule has 1 fully saturated rings. The lowest BCUT2D eigenvalue weighted by Crippen LogP contribution is -2.54. The van der Waals surface area contributed by atoms with E-state index in [0.29, 0.717) is 6.42 Å². The van der Waals surface area contributed by atoms with Crippen molar-refractivity contribution in [2.75, 3.05) is 26.7 Å². The second kappa shape index (κ2) is 9.59. The number of para-hydroxylation sites is 1. The molecule has 1 atom stereocenters. The lowest BCUT2D eigenvalue weighted by molar-refractivity contribution is -0.133. The van der Waals surface area contributed by atoms with Gasteiger partial charge in [0.15, 0.2) is 0 Å². The number of nitrogens with one attached hydrogen (secondary N) is 1. The van der Waals surface area contributed by atoms with Crippen LogP contribution in [0.3, 0.4) is 0 Å². The van der Waals surface area contributed by atoms with E-state index in [1.807, 2.05) is 48.5 Å². The van der Waals surface area contributed by atoms with E-state index in [4.69, 9.17) is 4.74 Å². The molecule has 0 aliphatic carbocycles. The van der Waals surface area contributed by atoms with Gasteiger partial charge in [0, 0.05) is 31.2 Å². The van der Waals surface area contributed by atoms with E-state index in [1.54, 1.807) is 7.11 Å². The van der Waals surface area contributed by atoms with Crippen molar-refractivity contribution in [2.45, 2.75) is 18.9 Å². The molecule has 0 spiro atoms. The highest BCUT2D eigenvalue weighted by Gasteiger charge is 2.27. The molecule has 0 radical (unpaired) electrons. The summed E-state index contributed by atoms with van der Waals surface area (Å²) in [4.78, 5) is 15.4. The maximum Gasteiger partial charge on any atom is 0.227 e. The number of methoxy groups -OCH3 is 1. The van der Waals surface area contributed by atoms with Crippen LogP contribution in [-0.2, 0) is 17.6 Å². The summed E-state index contributed by atoms with van der Waals surface area (Å²) in [6.45, 7) is 2.41. The number of hydrogen-bond acceptors (Lipinski definition) is 3. The summed E-state index contributed by atoms with van der Waals surface area (Å²) in [5, 5.41) is 3.45. The van der Waals surface area contributed by atoms with Crippen LogP contribution in [0.4, 0.5) is 0 Å². The van der Waals surface area contributed by atoms with E-state index < -0.39 is 0 Å². The fourth-order valence-corrected chi connectivity index (χ4v) is 4.23. The van der Waals surface area contributed by atoms with Gasteiger partial charge < -0.3 is 15.0 Å². The van der Waals surface area contributed by atoms with Crippen LogP contribution in [0.1, 0.15) is 11.1 Å². The summed E-state index contributed by atoms with van der Waals surface area (Å²) < 4.78 is 5.56. The summed E-state index contributed by atoms with van der Waals surface area (Å²) in [5.74, 6) is 1.00. The standard InChI is InChI=1S/C26H28N2O2/c1-30-25-14-8-7-13-24(25)23-12-6-5-11-21(23)18-26(29)28-16-15-27-19-22(28)17-20-9-3-2-4-10-20/h2-14,22,27H,15-19H2,1H3. The molecule has 3 aromatic rings. The highest BCUT2D eigenvalue weighted by Crippen LogP contribution is 2.32. The van der Waals surface area contributed by atoms with Gasteiger partial charge in [0.05, 0.1) is 13.5 Å². The van der Waals surface area contributed by atoms with Crippen LogP contribution < -0.4 is 10.1 Å². The Balaban J connectivity index is 1.56. The molecule has 154 valence electrons. The summed E-state index contributed by atoms with van der Waals surface area (Å²) in [7, 11) is 1.68. The van der Waals surface area contributed by atoms with Crippen molar-refractivity contribution in [2.24, 2.45) is 0 Å². The second-order valence-corrected chi connectivity index (χ2v) is 7.67. The van der Waals surface area contributed by atoms with Gasteiger partial charge in [-0.05, 0) is 29.2 Å². The number of amides is 1. The summed E-state index contributed by atoms with van der Waals surface area (Å²) in [5.41, 5.74) is 4.37. The SMILES string of the molecule is COc1ccccc1-c1ccccc1CC(=O)N1CCNCC1Cc1ccccc1. The molecule has 1 N–H and O–H groups in total. The Morgan fingerprint density at radius 2 is 1.67 bits per heavy atom. The van der Waals surface area contributed by atoms with Gasteiger partial charge in [0.1, 0.15) is 5.75 Å². The first-order chi connectivity index (χ1) is 14.8. The quantitative estimate of drug-likeness (QED) is 0.681.